The molecule has 4 rings (SSSR count). The maximum Gasteiger partial charge on any atom is 0.221 e. The zero-order valence-electron chi connectivity index (χ0n) is 14.1. The van der Waals surface area contributed by atoms with Gasteiger partial charge in [0, 0.05) is 9.70 Å². The molecule has 2 aromatic rings. The maximum absolute atomic E-state index is 5.55. The topological polar surface area (TPSA) is 58.1 Å². The molecule has 2 aliphatic rings. The van der Waals surface area contributed by atoms with Crippen molar-refractivity contribution in [2.45, 2.75) is 0 Å². The lowest BCUT2D eigenvalue weighted by molar-refractivity contribution is 0.416. The van der Waals surface area contributed by atoms with Crippen molar-refractivity contribution >= 4 is 59.5 Å². The van der Waals surface area contributed by atoms with E-state index >= 15 is 0 Å². The van der Waals surface area contributed by atoms with E-state index in [0.717, 1.165) is 32.3 Å². The lowest BCUT2D eigenvalue weighted by Gasteiger charge is -2.25. The number of ether oxygens (including phenoxy) is 2. The van der Waals surface area contributed by atoms with Crippen LogP contribution in [0.5, 0.6) is 11.5 Å². The molecular weight excluding hydrogens is 388 g/mol. The minimum Gasteiger partial charge on any atom is -0.495 e. The molecule has 1 unspecified atom stereocenters. The molecule has 134 valence electrons. The third-order valence-corrected chi connectivity index (χ3v) is 7.50. The van der Waals surface area contributed by atoms with Crippen molar-refractivity contribution in [1.29, 1.82) is 0 Å². The number of nitrogens with zero attached hydrogens (tertiary/aromatic N) is 2. The second kappa shape index (κ2) is 7.18. The second-order valence-corrected chi connectivity index (χ2v) is 9.05. The van der Waals surface area contributed by atoms with E-state index in [9.17, 15) is 0 Å². The molecule has 0 saturated carbocycles. The number of guanidine groups is 1. The molecule has 0 radical (unpaired) electrons. The summed E-state index contributed by atoms with van der Waals surface area (Å²) in [5.74, 6) is 2.20. The van der Waals surface area contributed by atoms with Gasteiger partial charge in [-0.2, -0.15) is 4.40 Å². The van der Waals surface area contributed by atoms with Gasteiger partial charge in [-0.25, -0.2) is 0 Å². The number of hydrogen-bond acceptors (Lipinski definition) is 7. The predicted molar refractivity (Wildman–Crippen MR) is 115 cm³/mol. The van der Waals surface area contributed by atoms with Crippen LogP contribution in [0.4, 0.5) is 11.4 Å². The van der Waals surface area contributed by atoms with Crippen LogP contribution in [0.1, 0.15) is 0 Å². The molecule has 0 fully saturated rings. The first-order valence-corrected chi connectivity index (χ1v) is 10.7. The van der Waals surface area contributed by atoms with Gasteiger partial charge < -0.3 is 20.1 Å². The molecule has 0 aliphatic carbocycles. The van der Waals surface area contributed by atoms with Gasteiger partial charge in [-0.1, -0.05) is 36.5 Å². The lowest BCUT2D eigenvalue weighted by atomic mass is 10.2. The normalized spacial score (nSPS) is 18.3. The molecule has 6 nitrogen and oxygen atoms in total. The summed E-state index contributed by atoms with van der Waals surface area (Å²) in [6, 6.07) is 15.6. The van der Waals surface area contributed by atoms with Gasteiger partial charge in [-0.15, -0.1) is 0 Å². The molecule has 2 aromatic carbocycles. The van der Waals surface area contributed by atoms with Crippen molar-refractivity contribution in [3.63, 3.8) is 0 Å². The van der Waals surface area contributed by atoms with Crippen molar-refractivity contribution in [3.8, 4) is 11.5 Å². The van der Waals surface area contributed by atoms with E-state index in [2.05, 4.69) is 10.6 Å². The van der Waals surface area contributed by atoms with Crippen molar-refractivity contribution in [1.82, 2.24) is 5.32 Å². The third kappa shape index (κ3) is 3.02. The van der Waals surface area contributed by atoms with Crippen molar-refractivity contribution in [3.05, 3.63) is 48.5 Å². The average molecular weight is 405 g/mol. The zero-order chi connectivity index (χ0) is 18.1. The fourth-order valence-corrected chi connectivity index (χ4v) is 6.23. The number of para-hydroxylation sites is 4. The summed E-state index contributed by atoms with van der Waals surface area (Å²) in [5.41, 5.74) is 1.73. The summed E-state index contributed by atoms with van der Waals surface area (Å²) < 4.78 is 16.5. The van der Waals surface area contributed by atoms with E-state index in [0.29, 0.717) is 5.96 Å². The van der Waals surface area contributed by atoms with Crippen LogP contribution in [-0.4, -0.2) is 29.6 Å². The Morgan fingerprint density at radius 1 is 1.08 bits per heavy atom. The molecule has 9 heteroatoms. The minimum atomic E-state index is -0.415. The fraction of sp³-hybridized carbons (Fsp3) is 0.118. The SMILES string of the molecule is COc1ccccc1NC1=NS2=C(NC(=S)S2)N1c1ccccc1OC. The van der Waals surface area contributed by atoms with Gasteiger partial charge in [0.2, 0.25) is 5.96 Å². The van der Waals surface area contributed by atoms with E-state index in [4.69, 9.17) is 26.1 Å². The van der Waals surface area contributed by atoms with Crippen LogP contribution >= 0.6 is 32.7 Å². The quantitative estimate of drug-likeness (QED) is 0.594. The van der Waals surface area contributed by atoms with E-state index in [-0.39, 0.29) is 0 Å². The smallest absolute Gasteiger partial charge is 0.221 e. The van der Waals surface area contributed by atoms with E-state index < -0.39 is 9.70 Å². The van der Waals surface area contributed by atoms with Gasteiger partial charge in [0.1, 0.15) is 11.5 Å². The highest BCUT2D eigenvalue weighted by Crippen LogP contribution is 2.45. The monoisotopic (exact) mass is 404 g/mol. The van der Waals surface area contributed by atoms with Crippen LogP contribution < -0.4 is 25.0 Å². The molecule has 2 heterocycles. The summed E-state index contributed by atoms with van der Waals surface area (Å²) in [4.78, 5) is 2.01. The van der Waals surface area contributed by atoms with Gasteiger partial charge in [0.15, 0.2) is 9.43 Å². The summed E-state index contributed by atoms with van der Waals surface area (Å²) in [5, 5.41) is 7.59. The van der Waals surface area contributed by atoms with Gasteiger partial charge in [0.25, 0.3) is 0 Å². The standard InChI is InChI=1S/C17H16N4O2S3/c1-22-13-9-5-3-7-11(13)18-15-20-26-16(19-17(24)25-26)21(15)12-8-4-6-10-14(12)23-2/h3-10H,1-2H3,(H,18,20)(H,19,24). The summed E-state index contributed by atoms with van der Waals surface area (Å²) >= 11 is 5.32. The molecular formula is C17H16N4O2S3. The Kier molecular flexibility index (Phi) is 4.75. The van der Waals surface area contributed by atoms with E-state index in [1.807, 2.05) is 53.4 Å². The molecule has 1 atom stereocenters. The van der Waals surface area contributed by atoms with Crippen LogP contribution in [0.2, 0.25) is 0 Å². The lowest BCUT2D eigenvalue weighted by Crippen LogP contribution is -2.44. The minimum absolute atomic E-state index is 0.415. The Balaban J connectivity index is 1.76. The van der Waals surface area contributed by atoms with Crippen LogP contribution in [0.15, 0.2) is 52.9 Å². The molecule has 2 N–H and O–H groups in total. The van der Waals surface area contributed by atoms with Crippen LogP contribution in [0.3, 0.4) is 0 Å². The summed E-state index contributed by atoms with van der Waals surface area (Å²) in [6.07, 6.45) is 0. The van der Waals surface area contributed by atoms with Crippen molar-refractivity contribution in [2.75, 3.05) is 24.4 Å². The number of benzene rings is 2. The maximum atomic E-state index is 5.55. The zero-order valence-corrected chi connectivity index (χ0v) is 16.5. The van der Waals surface area contributed by atoms with Crippen LogP contribution in [0, 0.1) is 0 Å². The van der Waals surface area contributed by atoms with Gasteiger partial charge in [-0.3, -0.25) is 4.90 Å². The number of anilines is 2. The molecule has 0 spiro atoms. The van der Waals surface area contributed by atoms with Gasteiger partial charge in [0.05, 0.1) is 25.6 Å². The predicted octanol–water partition coefficient (Wildman–Crippen LogP) is 3.80. The Hall–Kier alpha value is -2.23. The first kappa shape index (κ1) is 17.2. The molecule has 26 heavy (non-hydrogen) atoms. The Morgan fingerprint density at radius 2 is 1.77 bits per heavy atom. The number of methoxy groups -OCH3 is 2. The highest BCUT2D eigenvalue weighted by molar-refractivity contribution is 8.90. The van der Waals surface area contributed by atoms with Crippen molar-refractivity contribution in [2.24, 2.45) is 4.40 Å². The second-order valence-electron chi connectivity index (χ2n) is 5.30. The first-order chi connectivity index (χ1) is 12.7. The Bertz CT molecular complexity index is 945. The van der Waals surface area contributed by atoms with E-state index in [1.54, 1.807) is 25.0 Å². The van der Waals surface area contributed by atoms with Gasteiger partial charge in [-0.05, 0) is 35.1 Å². The summed E-state index contributed by atoms with van der Waals surface area (Å²) in [6.45, 7) is 0. The number of nitrogens with one attached hydrogen (secondary N) is 2. The number of rotatable bonds is 4. The average Bonchev–Trinajstić information content (AvgIpc) is 3.17. The first-order valence-electron chi connectivity index (χ1n) is 7.74. The van der Waals surface area contributed by atoms with Crippen LogP contribution in [-0.2, 0) is 0 Å². The Labute approximate surface area is 163 Å². The fourth-order valence-electron chi connectivity index (χ4n) is 2.66. The number of thiocarbonyl (C=S) groups is 1. The van der Waals surface area contributed by atoms with E-state index in [1.165, 1.54) is 0 Å². The Morgan fingerprint density at radius 3 is 2.54 bits per heavy atom. The molecule has 0 bridgehead atoms. The largest absolute Gasteiger partial charge is 0.495 e. The highest BCUT2D eigenvalue weighted by atomic mass is 33.1. The molecule has 2 aliphatic heterocycles. The molecule has 0 amide bonds. The highest BCUT2D eigenvalue weighted by Gasteiger charge is 2.35. The third-order valence-electron chi connectivity index (χ3n) is 3.79. The number of hydrogen-bond donors (Lipinski definition) is 2. The molecule has 0 saturated heterocycles. The van der Waals surface area contributed by atoms with Crippen LogP contribution in [0.25, 0.3) is 0 Å². The van der Waals surface area contributed by atoms with Crippen molar-refractivity contribution < 1.29 is 9.47 Å². The summed E-state index contributed by atoms with van der Waals surface area (Å²) in [7, 11) is 4.43. The van der Waals surface area contributed by atoms with Gasteiger partial charge >= 0.3 is 0 Å². The molecule has 0 aromatic heterocycles.